The quantitative estimate of drug-likeness (QED) is 0.583. The third-order valence-electron chi connectivity index (χ3n) is 6.65. The van der Waals surface area contributed by atoms with E-state index < -0.39 is 10.0 Å². The van der Waals surface area contributed by atoms with E-state index in [1.165, 1.54) is 10.4 Å². The standard InChI is InChI=1S/C26H33NO5S/c1-3-19-5-6-21-7-8-23(4-2)27(25(21)15-19)33(29,30)24-9-10-26(22(16-24)17-28)32-18-20-11-13-31-14-12-20/h4-6,9-10,15-16,20,23,28H,2-3,7-8,11-14,17-18H2,1H3/t23-/m0/s1. The number of aliphatic hydroxyl groups excluding tert-OH is 1. The molecule has 0 amide bonds. The van der Waals surface area contributed by atoms with Gasteiger partial charge in [-0.2, -0.15) is 0 Å². The molecule has 1 saturated heterocycles. The number of anilines is 1. The highest BCUT2D eigenvalue weighted by Gasteiger charge is 2.35. The SMILES string of the molecule is C=C[C@H]1CCc2ccc(CC)cc2N1S(=O)(=O)c1ccc(OCC2CCOCC2)c(CO)c1. The maximum absolute atomic E-state index is 13.8. The first-order valence-electron chi connectivity index (χ1n) is 11.7. The summed E-state index contributed by atoms with van der Waals surface area (Å²) in [4.78, 5) is 0.145. The van der Waals surface area contributed by atoms with E-state index in [2.05, 4.69) is 19.6 Å². The van der Waals surface area contributed by atoms with E-state index in [1.807, 2.05) is 12.1 Å². The Morgan fingerprint density at radius 2 is 1.97 bits per heavy atom. The molecule has 1 fully saturated rings. The zero-order chi connectivity index (χ0) is 23.4. The largest absolute Gasteiger partial charge is 0.493 e. The second-order valence-electron chi connectivity index (χ2n) is 8.75. The fourth-order valence-electron chi connectivity index (χ4n) is 4.58. The van der Waals surface area contributed by atoms with E-state index in [1.54, 1.807) is 18.2 Å². The van der Waals surface area contributed by atoms with Gasteiger partial charge in [0.2, 0.25) is 0 Å². The molecule has 0 spiro atoms. The summed E-state index contributed by atoms with van der Waals surface area (Å²) in [6, 6.07) is 10.5. The molecule has 0 radical (unpaired) electrons. The Balaban J connectivity index is 1.65. The van der Waals surface area contributed by atoms with Crippen LogP contribution in [0.15, 0.2) is 53.9 Å². The van der Waals surface area contributed by atoms with Crippen LogP contribution >= 0.6 is 0 Å². The highest BCUT2D eigenvalue weighted by molar-refractivity contribution is 7.92. The number of sulfonamides is 1. The Bertz CT molecular complexity index is 1090. The summed E-state index contributed by atoms with van der Waals surface area (Å²) in [6.07, 6.45) is 5.91. The minimum absolute atomic E-state index is 0.145. The van der Waals surface area contributed by atoms with E-state index in [9.17, 15) is 13.5 Å². The smallest absolute Gasteiger partial charge is 0.264 e. The molecule has 0 bridgehead atoms. The van der Waals surface area contributed by atoms with Crippen molar-refractivity contribution in [2.45, 2.75) is 56.6 Å². The minimum Gasteiger partial charge on any atom is -0.493 e. The van der Waals surface area contributed by atoms with Crippen LogP contribution in [0, 0.1) is 5.92 Å². The Hall–Kier alpha value is -2.35. The monoisotopic (exact) mass is 471 g/mol. The first-order chi connectivity index (χ1) is 16.0. The molecular weight excluding hydrogens is 438 g/mol. The molecule has 0 unspecified atom stereocenters. The van der Waals surface area contributed by atoms with Crippen LogP contribution in [-0.2, 0) is 34.2 Å². The highest BCUT2D eigenvalue weighted by Crippen LogP contribution is 2.37. The zero-order valence-electron chi connectivity index (χ0n) is 19.2. The minimum atomic E-state index is -3.87. The van der Waals surface area contributed by atoms with Gasteiger partial charge >= 0.3 is 0 Å². The van der Waals surface area contributed by atoms with Gasteiger partial charge in [0.05, 0.1) is 29.8 Å². The highest BCUT2D eigenvalue weighted by atomic mass is 32.2. The zero-order valence-corrected chi connectivity index (χ0v) is 20.0. The fraction of sp³-hybridized carbons (Fsp3) is 0.462. The number of hydrogen-bond donors (Lipinski definition) is 1. The normalized spacial score (nSPS) is 19.2. The van der Waals surface area contributed by atoms with Crippen molar-refractivity contribution in [1.82, 2.24) is 0 Å². The van der Waals surface area contributed by atoms with E-state index in [0.29, 0.717) is 30.3 Å². The Morgan fingerprint density at radius 3 is 2.67 bits per heavy atom. The van der Waals surface area contributed by atoms with Crippen molar-refractivity contribution in [3.63, 3.8) is 0 Å². The molecular formula is C26H33NO5S. The van der Waals surface area contributed by atoms with Crippen LogP contribution in [0.1, 0.15) is 42.9 Å². The lowest BCUT2D eigenvalue weighted by Gasteiger charge is -2.36. The average molecular weight is 472 g/mol. The van der Waals surface area contributed by atoms with Crippen molar-refractivity contribution in [2.75, 3.05) is 24.1 Å². The summed E-state index contributed by atoms with van der Waals surface area (Å²) in [6.45, 7) is 7.66. The van der Waals surface area contributed by atoms with Gasteiger partial charge in [-0.05, 0) is 73.4 Å². The number of benzene rings is 2. The van der Waals surface area contributed by atoms with Gasteiger partial charge in [0.1, 0.15) is 5.75 Å². The van der Waals surface area contributed by atoms with Gasteiger partial charge in [-0.1, -0.05) is 25.1 Å². The second-order valence-corrected chi connectivity index (χ2v) is 10.6. The van der Waals surface area contributed by atoms with Crippen molar-refractivity contribution in [1.29, 1.82) is 0 Å². The number of fused-ring (bicyclic) bond motifs is 1. The van der Waals surface area contributed by atoms with E-state index in [4.69, 9.17) is 9.47 Å². The van der Waals surface area contributed by atoms with Crippen LogP contribution in [-0.4, -0.2) is 39.4 Å². The Labute approximate surface area is 196 Å². The molecule has 1 atom stereocenters. The van der Waals surface area contributed by atoms with Crippen LogP contribution in [0.3, 0.4) is 0 Å². The van der Waals surface area contributed by atoms with Crippen LogP contribution in [0.2, 0.25) is 0 Å². The van der Waals surface area contributed by atoms with Crippen molar-refractivity contribution >= 4 is 15.7 Å². The summed E-state index contributed by atoms with van der Waals surface area (Å²) in [5.74, 6) is 0.926. The molecule has 33 heavy (non-hydrogen) atoms. The first-order valence-corrected chi connectivity index (χ1v) is 13.1. The Morgan fingerprint density at radius 1 is 1.18 bits per heavy atom. The van der Waals surface area contributed by atoms with Gasteiger partial charge in [-0.25, -0.2) is 8.42 Å². The van der Waals surface area contributed by atoms with Crippen molar-refractivity contribution in [3.8, 4) is 5.75 Å². The molecule has 0 aliphatic carbocycles. The van der Waals surface area contributed by atoms with Crippen molar-refractivity contribution in [3.05, 3.63) is 65.7 Å². The third kappa shape index (κ3) is 4.95. The molecule has 2 aromatic rings. The van der Waals surface area contributed by atoms with Gasteiger partial charge in [0.15, 0.2) is 0 Å². The summed E-state index contributed by atoms with van der Waals surface area (Å²) in [5.41, 5.74) is 3.30. The summed E-state index contributed by atoms with van der Waals surface area (Å²) >= 11 is 0. The molecule has 0 aromatic heterocycles. The molecule has 2 aliphatic heterocycles. The number of rotatable bonds is 8. The first kappa shape index (κ1) is 23.8. The van der Waals surface area contributed by atoms with Crippen LogP contribution < -0.4 is 9.04 Å². The topological polar surface area (TPSA) is 76.1 Å². The second kappa shape index (κ2) is 10.3. The van der Waals surface area contributed by atoms with Gasteiger partial charge in [-0.15, -0.1) is 6.58 Å². The van der Waals surface area contributed by atoms with Gasteiger partial charge in [0, 0.05) is 18.8 Å². The number of nitrogens with zero attached hydrogens (tertiary/aromatic N) is 1. The predicted molar refractivity (Wildman–Crippen MR) is 129 cm³/mol. The van der Waals surface area contributed by atoms with E-state index in [0.717, 1.165) is 55.7 Å². The van der Waals surface area contributed by atoms with Gasteiger partial charge in [0.25, 0.3) is 10.0 Å². The molecule has 7 heteroatoms. The summed E-state index contributed by atoms with van der Waals surface area (Å²) in [5, 5.41) is 9.96. The van der Waals surface area contributed by atoms with E-state index in [-0.39, 0.29) is 17.5 Å². The molecule has 2 heterocycles. The lowest BCUT2D eigenvalue weighted by atomic mass is 9.96. The van der Waals surface area contributed by atoms with Gasteiger partial charge < -0.3 is 14.6 Å². The molecule has 2 aliphatic rings. The maximum Gasteiger partial charge on any atom is 0.264 e. The fourth-order valence-corrected chi connectivity index (χ4v) is 6.32. The number of hydrogen-bond acceptors (Lipinski definition) is 5. The van der Waals surface area contributed by atoms with Crippen LogP contribution in [0.5, 0.6) is 5.75 Å². The molecule has 0 saturated carbocycles. The molecule has 4 rings (SSSR count). The molecule has 178 valence electrons. The van der Waals surface area contributed by atoms with Gasteiger partial charge in [-0.3, -0.25) is 4.31 Å². The van der Waals surface area contributed by atoms with Crippen LogP contribution in [0.25, 0.3) is 0 Å². The summed E-state index contributed by atoms with van der Waals surface area (Å²) < 4.78 is 40.5. The third-order valence-corrected chi connectivity index (χ3v) is 8.49. The molecule has 6 nitrogen and oxygen atoms in total. The summed E-state index contributed by atoms with van der Waals surface area (Å²) in [7, 11) is -3.87. The number of aryl methyl sites for hydroxylation is 2. The van der Waals surface area contributed by atoms with Crippen LogP contribution in [0.4, 0.5) is 5.69 Å². The number of ether oxygens (including phenoxy) is 2. The van der Waals surface area contributed by atoms with E-state index >= 15 is 0 Å². The van der Waals surface area contributed by atoms with Crippen molar-refractivity contribution < 1.29 is 23.0 Å². The number of aliphatic hydroxyl groups is 1. The Kier molecular flexibility index (Phi) is 7.41. The lowest BCUT2D eigenvalue weighted by Crippen LogP contribution is -2.42. The average Bonchev–Trinajstić information content (AvgIpc) is 2.86. The van der Waals surface area contributed by atoms with Crippen molar-refractivity contribution in [2.24, 2.45) is 5.92 Å². The maximum atomic E-state index is 13.8. The predicted octanol–water partition coefficient (Wildman–Crippen LogP) is 4.24. The molecule has 2 aromatic carbocycles. The lowest BCUT2D eigenvalue weighted by molar-refractivity contribution is 0.0494. The molecule has 1 N–H and O–H groups in total.